The number of hydrogen-bond acceptors (Lipinski definition) is 3. The molecule has 112 valence electrons. The van der Waals surface area contributed by atoms with Gasteiger partial charge < -0.3 is 10.1 Å². The maximum Gasteiger partial charge on any atom is 0.123 e. The van der Waals surface area contributed by atoms with E-state index in [2.05, 4.69) is 26.1 Å². The fraction of sp³-hybridized carbons (Fsp3) is 0.625. The Kier molecular flexibility index (Phi) is 4.97. The number of halogens is 1. The van der Waals surface area contributed by atoms with E-state index < -0.39 is 0 Å². The second-order valence-corrected chi connectivity index (χ2v) is 7.39. The van der Waals surface area contributed by atoms with E-state index in [9.17, 15) is 4.39 Å². The second-order valence-electron chi connectivity index (χ2n) is 6.36. The molecule has 1 fully saturated rings. The molecule has 4 heteroatoms. The van der Waals surface area contributed by atoms with Gasteiger partial charge in [-0.1, -0.05) is 13.8 Å². The van der Waals surface area contributed by atoms with Crippen LogP contribution in [-0.4, -0.2) is 24.7 Å². The van der Waals surface area contributed by atoms with E-state index in [0.29, 0.717) is 11.5 Å². The highest BCUT2D eigenvalue weighted by Crippen LogP contribution is 2.35. The number of thioether (sulfide) groups is 1. The van der Waals surface area contributed by atoms with Crippen LogP contribution < -0.4 is 10.1 Å². The lowest BCUT2D eigenvalue weighted by atomic mass is 9.87. The van der Waals surface area contributed by atoms with Gasteiger partial charge in [0.1, 0.15) is 11.6 Å². The molecular formula is C16H24FNOS. The average Bonchev–Trinajstić information content (AvgIpc) is 2.37. The standard InChI is InChI=1S/C16H24FNOS/c1-11(14-7-12(17)5-6-15(14)19-4)18-13-8-16(2,3)10-20-9-13/h5-7,11,13,18H,8-10H2,1-4H3. The summed E-state index contributed by atoms with van der Waals surface area (Å²) >= 11 is 1.99. The molecule has 0 radical (unpaired) electrons. The first-order valence-corrected chi connectivity index (χ1v) is 8.24. The third-order valence-corrected chi connectivity index (χ3v) is 5.38. The first-order chi connectivity index (χ1) is 9.41. The summed E-state index contributed by atoms with van der Waals surface area (Å²) in [6.07, 6.45) is 1.15. The predicted octanol–water partition coefficient (Wildman–Crippen LogP) is 4.02. The normalized spacial score (nSPS) is 23.4. The average molecular weight is 297 g/mol. The highest BCUT2D eigenvalue weighted by molar-refractivity contribution is 7.99. The van der Waals surface area contributed by atoms with Gasteiger partial charge in [-0.05, 0) is 42.7 Å². The zero-order valence-corrected chi connectivity index (χ0v) is 13.5. The Hall–Kier alpha value is -0.740. The molecule has 0 spiro atoms. The van der Waals surface area contributed by atoms with E-state index in [1.54, 1.807) is 19.2 Å². The van der Waals surface area contributed by atoms with Crippen molar-refractivity contribution in [2.75, 3.05) is 18.6 Å². The van der Waals surface area contributed by atoms with Crippen LogP contribution in [-0.2, 0) is 0 Å². The third-order valence-electron chi connectivity index (χ3n) is 3.75. The monoisotopic (exact) mass is 297 g/mol. The van der Waals surface area contributed by atoms with Gasteiger partial charge >= 0.3 is 0 Å². The Balaban J connectivity index is 2.08. The van der Waals surface area contributed by atoms with Gasteiger partial charge in [-0.3, -0.25) is 0 Å². The van der Waals surface area contributed by atoms with Crippen molar-refractivity contribution >= 4 is 11.8 Å². The highest BCUT2D eigenvalue weighted by atomic mass is 32.2. The fourth-order valence-electron chi connectivity index (χ4n) is 2.86. The van der Waals surface area contributed by atoms with Crippen LogP contribution in [0.15, 0.2) is 18.2 Å². The van der Waals surface area contributed by atoms with Crippen LogP contribution in [0.1, 0.15) is 38.8 Å². The molecular weight excluding hydrogens is 273 g/mol. The zero-order valence-electron chi connectivity index (χ0n) is 12.7. The van der Waals surface area contributed by atoms with E-state index in [1.165, 1.54) is 11.8 Å². The molecule has 2 unspecified atom stereocenters. The Bertz CT molecular complexity index is 464. The third kappa shape index (κ3) is 3.89. The van der Waals surface area contributed by atoms with E-state index in [1.807, 2.05) is 11.8 Å². The summed E-state index contributed by atoms with van der Waals surface area (Å²) in [5.41, 5.74) is 1.26. The molecule has 1 aliphatic rings. The maximum atomic E-state index is 13.5. The minimum Gasteiger partial charge on any atom is -0.496 e. The van der Waals surface area contributed by atoms with Crippen LogP contribution in [0.4, 0.5) is 4.39 Å². The number of ether oxygens (including phenoxy) is 1. The first kappa shape index (κ1) is 15.6. The van der Waals surface area contributed by atoms with E-state index in [-0.39, 0.29) is 11.9 Å². The number of nitrogens with one attached hydrogen (secondary N) is 1. The van der Waals surface area contributed by atoms with Gasteiger partial charge in [0.05, 0.1) is 7.11 Å². The molecule has 1 aliphatic heterocycles. The first-order valence-electron chi connectivity index (χ1n) is 7.08. The molecule has 0 aliphatic carbocycles. The van der Waals surface area contributed by atoms with Gasteiger partial charge in [0.2, 0.25) is 0 Å². The smallest absolute Gasteiger partial charge is 0.123 e. The Morgan fingerprint density at radius 2 is 2.20 bits per heavy atom. The van der Waals surface area contributed by atoms with E-state index in [0.717, 1.165) is 23.5 Å². The SMILES string of the molecule is COc1ccc(F)cc1C(C)NC1CSCC(C)(C)C1. The van der Waals surface area contributed by atoms with Crippen LogP contribution in [0.25, 0.3) is 0 Å². The van der Waals surface area contributed by atoms with Gasteiger partial charge in [0, 0.05) is 23.4 Å². The summed E-state index contributed by atoms with van der Waals surface area (Å²) in [6, 6.07) is 5.25. The molecule has 0 bridgehead atoms. The molecule has 20 heavy (non-hydrogen) atoms. The molecule has 2 atom stereocenters. The zero-order chi connectivity index (χ0) is 14.8. The molecule has 1 aromatic rings. The Morgan fingerprint density at radius 1 is 1.45 bits per heavy atom. The van der Waals surface area contributed by atoms with Gasteiger partial charge in [-0.2, -0.15) is 11.8 Å². The summed E-state index contributed by atoms with van der Waals surface area (Å²) in [5.74, 6) is 2.86. The minimum atomic E-state index is -0.215. The lowest BCUT2D eigenvalue weighted by molar-refractivity contribution is 0.302. The van der Waals surface area contributed by atoms with Crippen LogP contribution in [0.2, 0.25) is 0 Å². The molecule has 1 aromatic carbocycles. The van der Waals surface area contributed by atoms with Gasteiger partial charge in [-0.15, -0.1) is 0 Å². The van der Waals surface area contributed by atoms with Crippen molar-refractivity contribution < 1.29 is 9.13 Å². The summed E-state index contributed by atoms with van der Waals surface area (Å²) < 4.78 is 18.8. The number of hydrogen-bond donors (Lipinski definition) is 1. The molecule has 1 heterocycles. The number of benzene rings is 1. The van der Waals surface area contributed by atoms with Crippen molar-refractivity contribution in [2.24, 2.45) is 5.41 Å². The molecule has 1 N–H and O–H groups in total. The Labute approximate surface area is 125 Å². The van der Waals surface area contributed by atoms with Crippen molar-refractivity contribution in [1.82, 2.24) is 5.32 Å². The lowest BCUT2D eigenvalue weighted by Crippen LogP contribution is -2.41. The molecule has 2 nitrogen and oxygen atoms in total. The van der Waals surface area contributed by atoms with Crippen molar-refractivity contribution in [2.45, 2.75) is 39.3 Å². The largest absolute Gasteiger partial charge is 0.496 e. The molecule has 0 saturated carbocycles. The summed E-state index contributed by atoms with van der Waals surface area (Å²) in [5, 5.41) is 3.63. The minimum absolute atomic E-state index is 0.0835. The summed E-state index contributed by atoms with van der Waals surface area (Å²) in [6.45, 7) is 6.69. The van der Waals surface area contributed by atoms with Crippen LogP contribution in [0.3, 0.4) is 0 Å². The van der Waals surface area contributed by atoms with Gasteiger partial charge in [0.25, 0.3) is 0 Å². The number of rotatable bonds is 4. The van der Waals surface area contributed by atoms with Gasteiger partial charge in [-0.25, -0.2) is 4.39 Å². The molecule has 1 saturated heterocycles. The van der Waals surface area contributed by atoms with Gasteiger partial charge in [0.15, 0.2) is 0 Å². The predicted molar refractivity (Wildman–Crippen MR) is 84.0 cm³/mol. The van der Waals surface area contributed by atoms with Crippen molar-refractivity contribution in [1.29, 1.82) is 0 Å². The van der Waals surface area contributed by atoms with E-state index >= 15 is 0 Å². The molecule has 0 amide bonds. The Morgan fingerprint density at radius 3 is 2.85 bits per heavy atom. The molecule has 0 aromatic heterocycles. The fourth-order valence-corrected chi connectivity index (χ4v) is 4.14. The van der Waals surface area contributed by atoms with Crippen LogP contribution in [0.5, 0.6) is 5.75 Å². The second kappa shape index (κ2) is 6.35. The van der Waals surface area contributed by atoms with Crippen LogP contribution in [0, 0.1) is 11.2 Å². The summed E-state index contributed by atoms with van der Waals surface area (Å²) in [7, 11) is 1.63. The maximum absolute atomic E-state index is 13.5. The molecule has 2 rings (SSSR count). The highest BCUT2D eigenvalue weighted by Gasteiger charge is 2.29. The van der Waals surface area contributed by atoms with E-state index in [4.69, 9.17) is 4.74 Å². The lowest BCUT2D eigenvalue weighted by Gasteiger charge is -2.36. The summed E-state index contributed by atoms with van der Waals surface area (Å²) in [4.78, 5) is 0. The quantitative estimate of drug-likeness (QED) is 0.907. The topological polar surface area (TPSA) is 21.3 Å². The van der Waals surface area contributed by atoms with Crippen LogP contribution >= 0.6 is 11.8 Å². The number of methoxy groups -OCH3 is 1. The van der Waals surface area contributed by atoms with Crippen molar-refractivity contribution in [3.63, 3.8) is 0 Å². The van der Waals surface area contributed by atoms with Crippen molar-refractivity contribution in [3.8, 4) is 5.75 Å². The van der Waals surface area contributed by atoms with Crippen molar-refractivity contribution in [3.05, 3.63) is 29.6 Å².